The normalized spacial score (nSPS) is 10.9. The molecular formula is C19H17N5O3S. The van der Waals surface area contributed by atoms with Crippen molar-refractivity contribution in [2.75, 3.05) is 14.2 Å². The van der Waals surface area contributed by atoms with Crippen LogP contribution in [0.25, 0.3) is 16.6 Å². The third kappa shape index (κ3) is 3.44. The summed E-state index contributed by atoms with van der Waals surface area (Å²) < 4.78 is 12.4. The van der Waals surface area contributed by atoms with Gasteiger partial charge in [0.2, 0.25) is 0 Å². The zero-order valence-corrected chi connectivity index (χ0v) is 16.1. The van der Waals surface area contributed by atoms with Gasteiger partial charge in [-0.05, 0) is 18.2 Å². The van der Waals surface area contributed by atoms with Crippen LogP contribution in [0.3, 0.4) is 0 Å². The summed E-state index contributed by atoms with van der Waals surface area (Å²) in [7, 11) is 3.07. The number of hydrogen-bond acceptors (Lipinski definition) is 7. The van der Waals surface area contributed by atoms with E-state index in [1.807, 2.05) is 34.9 Å². The van der Waals surface area contributed by atoms with Gasteiger partial charge >= 0.3 is 0 Å². The fraction of sp³-hybridized carbons (Fsp3) is 0.158. The average molecular weight is 395 g/mol. The fourth-order valence-electron chi connectivity index (χ4n) is 2.80. The molecule has 2 aromatic carbocycles. The minimum Gasteiger partial charge on any atom is -0.493 e. The van der Waals surface area contributed by atoms with Crippen molar-refractivity contribution in [2.45, 2.75) is 10.9 Å². The number of methoxy groups -OCH3 is 2. The van der Waals surface area contributed by atoms with Gasteiger partial charge in [0.25, 0.3) is 5.56 Å². The highest BCUT2D eigenvalue weighted by atomic mass is 32.2. The van der Waals surface area contributed by atoms with Crippen molar-refractivity contribution in [1.82, 2.24) is 24.7 Å². The summed E-state index contributed by atoms with van der Waals surface area (Å²) in [6, 6.07) is 13.1. The molecule has 0 saturated carbocycles. The van der Waals surface area contributed by atoms with Crippen molar-refractivity contribution < 1.29 is 9.47 Å². The molecule has 9 heteroatoms. The smallest absolute Gasteiger partial charge is 0.258 e. The van der Waals surface area contributed by atoms with E-state index < -0.39 is 0 Å². The quantitative estimate of drug-likeness (QED) is 0.502. The molecule has 1 N–H and O–H groups in total. The second-order valence-electron chi connectivity index (χ2n) is 5.84. The van der Waals surface area contributed by atoms with Crippen molar-refractivity contribution in [2.24, 2.45) is 0 Å². The molecule has 0 fully saturated rings. The van der Waals surface area contributed by atoms with Gasteiger partial charge in [0.15, 0.2) is 16.7 Å². The number of hydrogen-bond donors (Lipinski definition) is 1. The maximum atomic E-state index is 12.5. The van der Waals surface area contributed by atoms with Crippen molar-refractivity contribution in [3.63, 3.8) is 0 Å². The SMILES string of the molecule is COc1cc2nc(CSc3nncn3-c3ccccc3)[nH]c(=O)c2cc1OC. The van der Waals surface area contributed by atoms with Gasteiger partial charge < -0.3 is 14.5 Å². The van der Waals surface area contributed by atoms with E-state index in [9.17, 15) is 4.79 Å². The van der Waals surface area contributed by atoms with Gasteiger partial charge in [0.1, 0.15) is 12.2 Å². The summed E-state index contributed by atoms with van der Waals surface area (Å²) >= 11 is 1.44. The van der Waals surface area contributed by atoms with E-state index >= 15 is 0 Å². The number of para-hydroxylation sites is 1. The van der Waals surface area contributed by atoms with E-state index in [-0.39, 0.29) is 5.56 Å². The van der Waals surface area contributed by atoms with Gasteiger partial charge in [-0.1, -0.05) is 30.0 Å². The van der Waals surface area contributed by atoms with E-state index in [1.165, 1.54) is 18.9 Å². The van der Waals surface area contributed by atoms with Gasteiger partial charge in [-0.2, -0.15) is 0 Å². The lowest BCUT2D eigenvalue weighted by molar-refractivity contribution is 0.355. The van der Waals surface area contributed by atoms with E-state index in [0.717, 1.165) is 5.69 Å². The molecule has 0 saturated heterocycles. The summed E-state index contributed by atoms with van der Waals surface area (Å²) in [4.78, 5) is 19.9. The Morgan fingerprint density at radius 3 is 2.61 bits per heavy atom. The number of H-pyrrole nitrogens is 1. The van der Waals surface area contributed by atoms with Gasteiger partial charge in [0.05, 0.1) is 30.9 Å². The van der Waals surface area contributed by atoms with E-state index in [0.29, 0.717) is 39.1 Å². The second-order valence-corrected chi connectivity index (χ2v) is 6.79. The molecule has 0 amide bonds. The molecular weight excluding hydrogens is 378 g/mol. The molecule has 4 aromatic rings. The lowest BCUT2D eigenvalue weighted by Crippen LogP contribution is -2.12. The maximum Gasteiger partial charge on any atom is 0.258 e. The Bertz CT molecular complexity index is 1170. The van der Waals surface area contributed by atoms with E-state index in [4.69, 9.17) is 9.47 Å². The zero-order valence-electron chi connectivity index (χ0n) is 15.2. The third-order valence-corrected chi connectivity index (χ3v) is 5.10. The molecule has 2 heterocycles. The molecule has 0 aliphatic carbocycles. The molecule has 0 unspecified atom stereocenters. The van der Waals surface area contributed by atoms with Crippen LogP contribution in [0.4, 0.5) is 0 Å². The monoisotopic (exact) mass is 395 g/mol. The minimum atomic E-state index is -0.230. The van der Waals surface area contributed by atoms with Gasteiger partial charge in [-0.15, -0.1) is 10.2 Å². The lowest BCUT2D eigenvalue weighted by Gasteiger charge is -2.09. The van der Waals surface area contributed by atoms with Crippen LogP contribution in [0.1, 0.15) is 5.82 Å². The highest BCUT2D eigenvalue weighted by molar-refractivity contribution is 7.98. The Balaban J connectivity index is 1.63. The van der Waals surface area contributed by atoms with Crippen LogP contribution in [-0.2, 0) is 5.75 Å². The molecule has 28 heavy (non-hydrogen) atoms. The molecule has 0 aliphatic heterocycles. The number of benzene rings is 2. The van der Waals surface area contributed by atoms with E-state index in [2.05, 4.69) is 20.2 Å². The summed E-state index contributed by atoms with van der Waals surface area (Å²) in [6.45, 7) is 0. The van der Waals surface area contributed by atoms with Crippen LogP contribution in [-0.4, -0.2) is 39.0 Å². The topological polar surface area (TPSA) is 94.9 Å². The Hall–Kier alpha value is -3.33. The van der Waals surface area contributed by atoms with Crippen LogP contribution in [0.15, 0.2) is 58.7 Å². The number of aromatic amines is 1. The number of nitrogens with one attached hydrogen (secondary N) is 1. The minimum absolute atomic E-state index is 0.230. The summed E-state index contributed by atoms with van der Waals surface area (Å²) in [5, 5.41) is 9.30. The molecule has 0 bridgehead atoms. The summed E-state index contributed by atoms with van der Waals surface area (Å²) in [6.07, 6.45) is 1.66. The van der Waals surface area contributed by atoms with E-state index in [1.54, 1.807) is 25.6 Å². The first-order valence-corrected chi connectivity index (χ1v) is 9.41. The van der Waals surface area contributed by atoms with Gasteiger partial charge in [0, 0.05) is 11.8 Å². The third-order valence-electron chi connectivity index (χ3n) is 4.15. The number of thioether (sulfide) groups is 1. The second kappa shape index (κ2) is 7.73. The molecule has 0 radical (unpaired) electrons. The first-order chi connectivity index (χ1) is 13.7. The molecule has 0 atom stereocenters. The standard InChI is InChI=1S/C19H17N5O3S/c1-26-15-8-13-14(9-16(15)27-2)21-17(22-18(13)25)10-28-19-23-20-11-24(19)12-6-4-3-5-7-12/h3-9,11H,10H2,1-2H3,(H,21,22,25). The van der Waals surface area contributed by atoms with Crippen molar-refractivity contribution in [3.8, 4) is 17.2 Å². The van der Waals surface area contributed by atoms with Crippen LogP contribution in [0.5, 0.6) is 11.5 Å². The molecule has 0 aliphatic rings. The highest BCUT2D eigenvalue weighted by Gasteiger charge is 2.13. The summed E-state index contributed by atoms with van der Waals surface area (Å²) in [5.74, 6) is 1.98. The average Bonchev–Trinajstić information content (AvgIpc) is 3.20. The number of ether oxygens (including phenoxy) is 2. The summed E-state index contributed by atoms with van der Waals surface area (Å²) in [5.41, 5.74) is 1.28. The van der Waals surface area contributed by atoms with Gasteiger partial charge in [-0.25, -0.2) is 4.98 Å². The molecule has 2 aromatic heterocycles. The molecule has 4 rings (SSSR count). The molecule has 0 spiro atoms. The zero-order chi connectivity index (χ0) is 19.5. The predicted molar refractivity (Wildman–Crippen MR) is 106 cm³/mol. The van der Waals surface area contributed by atoms with Crippen LogP contribution in [0, 0.1) is 0 Å². The van der Waals surface area contributed by atoms with Gasteiger partial charge in [-0.3, -0.25) is 9.36 Å². The highest BCUT2D eigenvalue weighted by Crippen LogP contribution is 2.30. The Morgan fingerprint density at radius 2 is 1.86 bits per heavy atom. The number of rotatable bonds is 6. The van der Waals surface area contributed by atoms with Crippen molar-refractivity contribution in [1.29, 1.82) is 0 Å². The molecule has 8 nitrogen and oxygen atoms in total. The fourth-order valence-corrected chi connectivity index (χ4v) is 3.60. The lowest BCUT2D eigenvalue weighted by atomic mass is 10.2. The van der Waals surface area contributed by atoms with Crippen molar-refractivity contribution >= 4 is 22.7 Å². The largest absolute Gasteiger partial charge is 0.493 e. The Morgan fingerprint density at radius 1 is 1.11 bits per heavy atom. The Kier molecular flexibility index (Phi) is 4.98. The van der Waals surface area contributed by atoms with Crippen LogP contribution < -0.4 is 15.0 Å². The van der Waals surface area contributed by atoms with Crippen LogP contribution in [0.2, 0.25) is 0 Å². The Labute approximate surface area is 164 Å². The van der Waals surface area contributed by atoms with Crippen LogP contribution >= 0.6 is 11.8 Å². The first kappa shape index (κ1) is 18.1. The molecule has 142 valence electrons. The number of nitrogens with zero attached hydrogens (tertiary/aromatic N) is 4. The van der Waals surface area contributed by atoms with Crippen molar-refractivity contribution in [3.05, 3.63) is 65.0 Å². The maximum absolute atomic E-state index is 12.5. The number of fused-ring (bicyclic) bond motifs is 1. The first-order valence-electron chi connectivity index (χ1n) is 8.43. The number of aromatic nitrogens is 5. The predicted octanol–water partition coefficient (Wildman–Crippen LogP) is 2.81.